The van der Waals surface area contributed by atoms with E-state index in [4.69, 9.17) is 21.4 Å². The lowest BCUT2D eigenvalue weighted by molar-refractivity contribution is -0.118. The Hall–Kier alpha value is -2.04. The summed E-state index contributed by atoms with van der Waals surface area (Å²) in [5, 5.41) is 12.0. The molecule has 2 aromatic rings. The number of para-hydroxylation sites is 1. The monoisotopic (exact) mass is 305 g/mol. The molecule has 0 radical (unpaired) electrons. The molecule has 21 heavy (non-hydrogen) atoms. The van der Waals surface area contributed by atoms with Crippen molar-refractivity contribution in [3.05, 3.63) is 59.1 Å². The fraction of sp³-hybridized carbons (Fsp3) is 0.188. The molecule has 0 aliphatic rings. The molecule has 0 aliphatic heterocycles. The Morgan fingerprint density at radius 3 is 2.52 bits per heavy atom. The summed E-state index contributed by atoms with van der Waals surface area (Å²) in [7, 11) is 0. The quantitative estimate of drug-likeness (QED) is 0.863. The number of aliphatic hydroxyl groups is 1. The summed E-state index contributed by atoms with van der Waals surface area (Å²) in [6.07, 6.45) is 0.604. The molecule has 0 aromatic heterocycles. The molecule has 4 nitrogen and oxygen atoms in total. The number of rotatable bonds is 6. The Morgan fingerprint density at radius 1 is 1.14 bits per heavy atom. The summed E-state index contributed by atoms with van der Waals surface area (Å²) in [4.78, 5) is 11.8. The molecular formula is C16H16ClNO3. The van der Waals surface area contributed by atoms with E-state index in [9.17, 15) is 4.79 Å². The summed E-state index contributed by atoms with van der Waals surface area (Å²) in [5.41, 5.74) is 1.58. The second-order valence-electron chi connectivity index (χ2n) is 4.43. The van der Waals surface area contributed by atoms with E-state index >= 15 is 0 Å². The molecule has 0 atom stereocenters. The van der Waals surface area contributed by atoms with Gasteiger partial charge in [0.1, 0.15) is 5.75 Å². The van der Waals surface area contributed by atoms with Crippen molar-refractivity contribution >= 4 is 23.2 Å². The maximum Gasteiger partial charge on any atom is 0.262 e. The number of hydrogen-bond acceptors (Lipinski definition) is 3. The molecule has 0 unspecified atom stereocenters. The van der Waals surface area contributed by atoms with E-state index in [1.165, 1.54) is 0 Å². The molecule has 0 aliphatic carbocycles. The van der Waals surface area contributed by atoms with Gasteiger partial charge < -0.3 is 15.2 Å². The number of anilines is 1. The van der Waals surface area contributed by atoms with Crippen molar-refractivity contribution in [3.63, 3.8) is 0 Å². The van der Waals surface area contributed by atoms with Gasteiger partial charge in [-0.2, -0.15) is 0 Å². The molecule has 0 saturated heterocycles. The maximum absolute atomic E-state index is 11.8. The van der Waals surface area contributed by atoms with Gasteiger partial charge in [-0.3, -0.25) is 4.79 Å². The van der Waals surface area contributed by atoms with Crippen molar-refractivity contribution in [2.45, 2.75) is 6.42 Å². The molecule has 2 aromatic carbocycles. The van der Waals surface area contributed by atoms with Crippen LogP contribution in [0.3, 0.4) is 0 Å². The van der Waals surface area contributed by atoms with Crippen LogP contribution in [0.15, 0.2) is 48.5 Å². The third kappa shape index (κ3) is 4.77. The van der Waals surface area contributed by atoms with E-state index in [1.54, 1.807) is 36.4 Å². The van der Waals surface area contributed by atoms with E-state index in [0.29, 0.717) is 22.9 Å². The number of aliphatic hydroxyl groups excluding tert-OH is 1. The average Bonchev–Trinajstić information content (AvgIpc) is 2.49. The summed E-state index contributed by atoms with van der Waals surface area (Å²) in [6, 6.07) is 14.3. The zero-order chi connectivity index (χ0) is 15.1. The number of halogens is 1. The van der Waals surface area contributed by atoms with Crippen LogP contribution in [0.5, 0.6) is 5.75 Å². The number of benzene rings is 2. The van der Waals surface area contributed by atoms with Gasteiger partial charge in [-0.1, -0.05) is 35.9 Å². The number of hydrogen-bond donors (Lipinski definition) is 2. The molecular weight excluding hydrogens is 290 g/mol. The second kappa shape index (κ2) is 7.67. The first kappa shape index (κ1) is 15.4. The Labute approximate surface area is 128 Å². The van der Waals surface area contributed by atoms with Crippen LogP contribution in [0.25, 0.3) is 0 Å². The highest BCUT2D eigenvalue weighted by Crippen LogP contribution is 2.20. The number of ether oxygens (including phenoxy) is 1. The fourth-order valence-electron chi connectivity index (χ4n) is 1.78. The zero-order valence-electron chi connectivity index (χ0n) is 11.4. The standard InChI is InChI=1S/C16H16ClNO3/c17-14-3-1-2-4-15(14)18-16(20)11-21-13-7-5-12(6-8-13)9-10-19/h1-8,19H,9-11H2,(H,18,20). The highest BCUT2D eigenvalue weighted by molar-refractivity contribution is 6.33. The van der Waals surface area contributed by atoms with Crippen LogP contribution >= 0.6 is 11.6 Å². The first-order valence-corrected chi connectivity index (χ1v) is 6.94. The second-order valence-corrected chi connectivity index (χ2v) is 4.84. The Morgan fingerprint density at radius 2 is 1.86 bits per heavy atom. The van der Waals surface area contributed by atoms with Crippen LogP contribution in [0, 0.1) is 0 Å². The summed E-state index contributed by atoms with van der Waals surface area (Å²) in [5.74, 6) is 0.327. The minimum Gasteiger partial charge on any atom is -0.484 e. The van der Waals surface area contributed by atoms with Crippen LogP contribution in [0.1, 0.15) is 5.56 Å². The molecule has 0 spiro atoms. The maximum atomic E-state index is 11.8. The van der Waals surface area contributed by atoms with E-state index in [0.717, 1.165) is 5.56 Å². The predicted molar refractivity (Wildman–Crippen MR) is 82.8 cm³/mol. The van der Waals surface area contributed by atoms with Crippen molar-refractivity contribution in [3.8, 4) is 5.75 Å². The van der Waals surface area contributed by atoms with E-state index in [1.807, 2.05) is 12.1 Å². The van der Waals surface area contributed by atoms with Crippen molar-refractivity contribution in [2.75, 3.05) is 18.5 Å². The topological polar surface area (TPSA) is 58.6 Å². The molecule has 0 saturated carbocycles. The number of nitrogens with one attached hydrogen (secondary N) is 1. The molecule has 0 bridgehead atoms. The van der Waals surface area contributed by atoms with E-state index in [2.05, 4.69) is 5.32 Å². The van der Waals surface area contributed by atoms with Gasteiger partial charge in [0, 0.05) is 6.61 Å². The lowest BCUT2D eigenvalue weighted by atomic mass is 10.1. The first-order valence-electron chi connectivity index (χ1n) is 6.56. The van der Waals surface area contributed by atoms with E-state index < -0.39 is 0 Å². The van der Waals surface area contributed by atoms with Crippen LogP contribution in [0.2, 0.25) is 5.02 Å². The predicted octanol–water partition coefficient (Wildman–Crippen LogP) is 2.89. The highest BCUT2D eigenvalue weighted by Gasteiger charge is 2.06. The lowest BCUT2D eigenvalue weighted by Crippen LogP contribution is -2.20. The number of carbonyl (C=O) groups is 1. The molecule has 110 valence electrons. The van der Waals surface area contributed by atoms with Crippen molar-refractivity contribution in [1.29, 1.82) is 0 Å². The van der Waals surface area contributed by atoms with Gasteiger partial charge in [-0.15, -0.1) is 0 Å². The lowest BCUT2D eigenvalue weighted by Gasteiger charge is -2.09. The van der Waals surface area contributed by atoms with Crippen LogP contribution in [-0.2, 0) is 11.2 Å². The Balaban J connectivity index is 1.85. The van der Waals surface area contributed by atoms with Crippen molar-refractivity contribution < 1.29 is 14.6 Å². The zero-order valence-corrected chi connectivity index (χ0v) is 12.1. The van der Waals surface area contributed by atoms with Crippen molar-refractivity contribution in [2.24, 2.45) is 0 Å². The van der Waals surface area contributed by atoms with Gasteiger partial charge in [-0.05, 0) is 36.2 Å². The van der Waals surface area contributed by atoms with E-state index in [-0.39, 0.29) is 19.1 Å². The minimum atomic E-state index is -0.275. The van der Waals surface area contributed by atoms with Crippen molar-refractivity contribution in [1.82, 2.24) is 0 Å². The van der Waals surface area contributed by atoms with Crippen LogP contribution in [-0.4, -0.2) is 24.2 Å². The molecule has 2 N–H and O–H groups in total. The minimum absolute atomic E-state index is 0.0927. The molecule has 5 heteroatoms. The van der Waals surface area contributed by atoms with Gasteiger partial charge in [0.05, 0.1) is 10.7 Å². The van der Waals surface area contributed by atoms with Gasteiger partial charge >= 0.3 is 0 Å². The normalized spacial score (nSPS) is 10.2. The van der Waals surface area contributed by atoms with Crippen LogP contribution < -0.4 is 10.1 Å². The third-order valence-electron chi connectivity index (χ3n) is 2.84. The molecule has 2 rings (SSSR count). The Bertz CT molecular complexity index is 599. The number of amides is 1. The summed E-state index contributed by atoms with van der Waals surface area (Å²) >= 11 is 5.96. The highest BCUT2D eigenvalue weighted by atomic mass is 35.5. The van der Waals surface area contributed by atoms with Gasteiger partial charge in [-0.25, -0.2) is 0 Å². The summed E-state index contributed by atoms with van der Waals surface area (Å²) in [6.45, 7) is 0.0189. The molecule has 1 amide bonds. The molecule has 0 fully saturated rings. The van der Waals surface area contributed by atoms with Gasteiger partial charge in [0.2, 0.25) is 0 Å². The largest absolute Gasteiger partial charge is 0.484 e. The smallest absolute Gasteiger partial charge is 0.262 e. The van der Waals surface area contributed by atoms with Crippen LogP contribution in [0.4, 0.5) is 5.69 Å². The number of carbonyl (C=O) groups excluding carboxylic acids is 1. The van der Waals surface area contributed by atoms with Gasteiger partial charge in [0.15, 0.2) is 6.61 Å². The Kier molecular flexibility index (Phi) is 5.60. The molecule has 0 heterocycles. The van der Waals surface area contributed by atoms with Gasteiger partial charge in [0.25, 0.3) is 5.91 Å². The average molecular weight is 306 g/mol. The first-order chi connectivity index (χ1) is 10.2. The fourth-order valence-corrected chi connectivity index (χ4v) is 1.96. The summed E-state index contributed by atoms with van der Waals surface area (Å²) < 4.78 is 5.40. The SMILES string of the molecule is O=C(COc1ccc(CCO)cc1)Nc1ccccc1Cl. The third-order valence-corrected chi connectivity index (χ3v) is 3.17.